The highest BCUT2D eigenvalue weighted by atomic mass is 16.1. The number of rotatable bonds is 5. The number of hydrogen-bond donors (Lipinski definition) is 2. The molecule has 3 rings (SSSR count). The van der Waals surface area contributed by atoms with Crippen molar-refractivity contribution in [2.75, 3.05) is 5.32 Å². The molecule has 2 aromatic carbocycles. The van der Waals surface area contributed by atoms with E-state index < -0.39 is 0 Å². The van der Waals surface area contributed by atoms with Crippen LogP contribution in [-0.2, 0) is 6.54 Å². The number of nitrogens with zero attached hydrogens (tertiary/aromatic N) is 1. The Morgan fingerprint density at radius 1 is 1.00 bits per heavy atom. The van der Waals surface area contributed by atoms with Crippen LogP contribution in [0.5, 0.6) is 0 Å². The average molecular weight is 331 g/mol. The zero-order valence-corrected chi connectivity index (χ0v) is 14.4. The van der Waals surface area contributed by atoms with Crippen LogP contribution in [0.15, 0.2) is 66.9 Å². The molecule has 0 radical (unpaired) electrons. The number of para-hydroxylation sites is 1. The summed E-state index contributed by atoms with van der Waals surface area (Å²) in [6, 6.07) is 19.7. The number of hydrogen-bond acceptors (Lipinski definition) is 3. The van der Waals surface area contributed by atoms with Gasteiger partial charge in [-0.2, -0.15) is 0 Å². The van der Waals surface area contributed by atoms with Gasteiger partial charge < -0.3 is 10.6 Å². The Morgan fingerprint density at radius 3 is 2.52 bits per heavy atom. The molecule has 0 aliphatic rings. The van der Waals surface area contributed by atoms with Gasteiger partial charge in [-0.15, -0.1) is 0 Å². The maximum atomic E-state index is 12.4. The first kappa shape index (κ1) is 16.7. The van der Waals surface area contributed by atoms with Crippen LogP contribution in [0.25, 0.3) is 0 Å². The van der Waals surface area contributed by atoms with E-state index in [1.54, 1.807) is 12.3 Å². The minimum atomic E-state index is -0.186. The van der Waals surface area contributed by atoms with Crippen LogP contribution in [0.3, 0.4) is 0 Å². The molecule has 1 heterocycles. The summed E-state index contributed by atoms with van der Waals surface area (Å²) in [7, 11) is 0. The fourth-order valence-electron chi connectivity index (χ4n) is 2.48. The molecule has 0 unspecified atom stereocenters. The van der Waals surface area contributed by atoms with Gasteiger partial charge in [0.05, 0.1) is 0 Å². The third kappa shape index (κ3) is 4.44. The number of carbonyl (C=O) groups is 1. The zero-order chi connectivity index (χ0) is 17.6. The van der Waals surface area contributed by atoms with Crippen molar-refractivity contribution in [3.05, 3.63) is 89.2 Å². The SMILES string of the molecule is Cc1ccc(CNC(=O)c2cc(Nc3ccccc3C)ccn2)cc1. The molecule has 25 heavy (non-hydrogen) atoms. The molecule has 0 aliphatic heterocycles. The summed E-state index contributed by atoms with van der Waals surface area (Å²) in [5, 5.41) is 6.24. The summed E-state index contributed by atoms with van der Waals surface area (Å²) < 4.78 is 0. The van der Waals surface area contributed by atoms with E-state index in [0.29, 0.717) is 12.2 Å². The number of nitrogens with one attached hydrogen (secondary N) is 2. The Morgan fingerprint density at radius 2 is 1.76 bits per heavy atom. The van der Waals surface area contributed by atoms with Gasteiger partial charge in [-0.05, 0) is 43.2 Å². The van der Waals surface area contributed by atoms with E-state index in [-0.39, 0.29) is 5.91 Å². The molecule has 0 spiro atoms. The van der Waals surface area contributed by atoms with E-state index in [9.17, 15) is 4.79 Å². The Labute approximate surface area is 147 Å². The van der Waals surface area contributed by atoms with Crippen LogP contribution in [0.4, 0.5) is 11.4 Å². The number of anilines is 2. The van der Waals surface area contributed by atoms with E-state index in [0.717, 1.165) is 22.5 Å². The van der Waals surface area contributed by atoms with Crippen molar-refractivity contribution in [1.29, 1.82) is 0 Å². The molecule has 0 fully saturated rings. The molecule has 3 aromatic rings. The summed E-state index contributed by atoms with van der Waals surface area (Å²) >= 11 is 0. The first-order chi connectivity index (χ1) is 12.1. The summed E-state index contributed by atoms with van der Waals surface area (Å²) in [6.07, 6.45) is 1.64. The molecule has 0 bridgehead atoms. The number of aryl methyl sites for hydroxylation is 2. The second-order valence-corrected chi connectivity index (χ2v) is 6.04. The van der Waals surface area contributed by atoms with Crippen molar-refractivity contribution >= 4 is 17.3 Å². The van der Waals surface area contributed by atoms with E-state index in [4.69, 9.17) is 0 Å². The first-order valence-electron chi connectivity index (χ1n) is 8.24. The highest BCUT2D eigenvalue weighted by molar-refractivity contribution is 5.93. The predicted molar refractivity (Wildman–Crippen MR) is 101 cm³/mol. The highest BCUT2D eigenvalue weighted by Gasteiger charge is 2.08. The second kappa shape index (κ2) is 7.62. The van der Waals surface area contributed by atoms with E-state index >= 15 is 0 Å². The zero-order valence-electron chi connectivity index (χ0n) is 14.4. The molecule has 1 aromatic heterocycles. The standard InChI is InChI=1S/C21H21N3O/c1-15-7-9-17(10-8-15)14-23-21(25)20-13-18(11-12-22-20)24-19-6-4-3-5-16(19)2/h3-13H,14H2,1-2H3,(H,22,24)(H,23,25). The summed E-state index contributed by atoms with van der Waals surface area (Å²) in [5.74, 6) is -0.186. The molecule has 2 N–H and O–H groups in total. The Bertz CT molecular complexity index is 872. The van der Waals surface area contributed by atoms with Crippen molar-refractivity contribution in [1.82, 2.24) is 10.3 Å². The van der Waals surface area contributed by atoms with Crippen molar-refractivity contribution in [3.8, 4) is 0 Å². The third-order valence-corrected chi connectivity index (χ3v) is 3.99. The quantitative estimate of drug-likeness (QED) is 0.730. The maximum Gasteiger partial charge on any atom is 0.270 e. The van der Waals surface area contributed by atoms with Gasteiger partial charge in [-0.25, -0.2) is 0 Å². The molecule has 1 amide bonds. The summed E-state index contributed by atoms with van der Waals surface area (Å²) in [4.78, 5) is 16.5. The number of pyridine rings is 1. The maximum absolute atomic E-state index is 12.4. The molecule has 126 valence electrons. The van der Waals surface area contributed by atoms with Crippen LogP contribution in [0, 0.1) is 13.8 Å². The lowest BCUT2D eigenvalue weighted by Gasteiger charge is -2.10. The van der Waals surface area contributed by atoms with Crippen LogP contribution in [0.2, 0.25) is 0 Å². The van der Waals surface area contributed by atoms with Crippen molar-refractivity contribution in [2.24, 2.45) is 0 Å². The number of benzene rings is 2. The van der Waals surface area contributed by atoms with Gasteiger partial charge in [0.2, 0.25) is 0 Å². The molecule has 0 saturated carbocycles. The fourth-order valence-corrected chi connectivity index (χ4v) is 2.48. The lowest BCUT2D eigenvalue weighted by molar-refractivity contribution is 0.0946. The number of amides is 1. The third-order valence-electron chi connectivity index (χ3n) is 3.99. The Balaban J connectivity index is 1.67. The van der Waals surface area contributed by atoms with Crippen LogP contribution >= 0.6 is 0 Å². The number of carbonyl (C=O) groups excluding carboxylic acids is 1. The smallest absolute Gasteiger partial charge is 0.270 e. The lowest BCUT2D eigenvalue weighted by atomic mass is 10.1. The molecule has 4 heteroatoms. The average Bonchev–Trinajstić information content (AvgIpc) is 2.63. The molecule has 0 aliphatic carbocycles. The van der Waals surface area contributed by atoms with Crippen molar-refractivity contribution in [3.63, 3.8) is 0 Å². The van der Waals surface area contributed by atoms with Gasteiger partial charge in [-0.1, -0.05) is 48.0 Å². The van der Waals surface area contributed by atoms with Gasteiger partial charge in [0, 0.05) is 24.1 Å². The van der Waals surface area contributed by atoms with Gasteiger partial charge >= 0.3 is 0 Å². The predicted octanol–water partition coefficient (Wildman–Crippen LogP) is 4.37. The lowest BCUT2D eigenvalue weighted by Crippen LogP contribution is -2.23. The first-order valence-corrected chi connectivity index (χ1v) is 8.24. The Kier molecular flexibility index (Phi) is 5.09. The normalized spacial score (nSPS) is 10.3. The largest absolute Gasteiger partial charge is 0.355 e. The molecule has 0 saturated heterocycles. The van der Waals surface area contributed by atoms with E-state index in [2.05, 4.69) is 15.6 Å². The van der Waals surface area contributed by atoms with E-state index in [1.165, 1.54) is 5.56 Å². The topological polar surface area (TPSA) is 54.0 Å². The molecule has 4 nitrogen and oxygen atoms in total. The minimum absolute atomic E-state index is 0.186. The monoisotopic (exact) mass is 331 g/mol. The fraction of sp³-hybridized carbons (Fsp3) is 0.143. The highest BCUT2D eigenvalue weighted by Crippen LogP contribution is 2.20. The van der Waals surface area contributed by atoms with Crippen LogP contribution in [-0.4, -0.2) is 10.9 Å². The Hall–Kier alpha value is -3.14. The second-order valence-electron chi connectivity index (χ2n) is 6.04. The molecular formula is C21H21N3O. The molecular weight excluding hydrogens is 310 g/mol. The van der Waals surface area contributed by atoms with Crippen LogP contribution in [0.1, 0.15) is 27.2 Å². The van der Waals surface area contributed by atoms with Gasteiger partial charge in [0.25, 0.3) is 5.91 Å². The van der Waals surface area contributed by atoms with E-state index in [1.807, 2.05) is 68.4 Å². The molecule has 0 atom stereocenters. The number of aromatic nitrogens is 1. The van der Waals surface area contributed by atoms with Crippen LogP contribution < -0.4 is 10.6 Å². The minimum Gasteiger partial charge on any atom is -0.355 e. The summed E-state index contributed by atoms with van der Waals surface area (Å²) in [6.45, 7) is 4.56. The van der Waals surface area contributed by atoms with Crippen molar-refractivity contribution < 1.29 is 4.79 Å². The van der Waals surface area contributed by atoms with Crippen molar-refractivity contribution in [2.45, 2.75) is 20.4 Å². The van der Waals surface area contributed by atoms with Gasteiger partial charge in [0.15, 0.2) is 0 Å². The van der Waals surface area contributed by atoms with Gasteiger partial charge in [-0.3, -0.25) is 9.78 Å². The summed E-state index contributed by atoms with van der Waals surface area (Å²) in [5.41, 5.74) is 5.65. The van der Waals surface area contributed by atoms with Gasteiger partial charge in [0.1, 0.15) is 5.69 Å².